The molecule has 1 aliphatic carbocycles. The van der Waals surface area contributed by atoms with Crippen LogP contribution in [0.4, 0.5) is 0 Å². The minimum absolute atomic E-state index is 0.0939. The van der Waals surface area contributed by atoms with E-state index in [1.54, 1.807) is 0 Å². The number of nitrogens with one attached hydrogen (secondary N) is 1. The summed E-state index contributed by atoms with van der Waals surface area (Å²) in [5.74, 6) is 0.246. The van der Waals surface area contributed by atoms with Crippen LogP contribution in [0, 0.1) is 5.92 Å². The highest BCUT2D eigenvalue weighted by atomic mass is 16.5. The Morgan fingerprint density at radius 1 is 1.22 bits per heavy atom. The molecule has 3 rings (SSSR count). The Balaban J connectivity index is 1.56. The molecule has 0 spiro atoms. The summed E-state index contributed by atoms with van der Waals surface area (Å²) in [6.45, 7) is 5.08. The van der Waals surface area contributed by atoms with Crippen LogP contribution >= 0.6 is 0 Å². The predicted octanol–water partition coefficient (Wildman–Crippen LogP) is 1.26. The summed E-state index contributed by atoms with van der Waals surface area (Å²) in [5.41, 5.74) is 8.40. The minimum atomic E-state index is 0.0939. The van der Waals surface area contributed by atoms with E-state index >= 15 is 0 Å². The summed E-state index contributed by atoms with van der Waals surface area (Å²) in [5, 5.41) is 3.10. The normalized spacial score (nSPS) is 25.4. The third kappa shape index (κ3) is 4.53. The highest BCUT2D eigenvalue weighted by molar-refractivity contribution is 5.79. The number of nitrogens with zero attached hydrogens (tertiary/aromatic N) is 1. The highest BCUT2D eigenvalue weighted by Crippen LogP contribution is 2.24. The maximum atomic E-state index is 12.3. The van der Waals surface area contributed by atoms with Crippen LogP contribution in [0.1, 0.15) is 30.4 Å². The Bertz CT molecular complexity index is 529. The van der Waals surface area contributed by atoms with E-state index in [4.69, 9.17) is 10.5 Å². The Morgan fingerprint density at radius 3 is 2.65 bits per heavy atom. The van der Waals surface area contributed by atoms with Gasteiger partial charge in [-0.05, 0) is 30.4 Å². The van der Waals surface area contributed by atoms with Crippen molar-refractivity contribution in [3.63, 3.8) is 0 Å². The van der Waals surface area contributed by atoms with Gasteiger partial charge in [-0.15, -0.1) is 0 Å². The van der Waals surface area contributed by atoms with Gasteiger partial charge in [-0.1, -0.05) is 24.3 Å². The van der Waals surface area contributed by atoms with E-state index in [0.29, 0.717) is 6.54 Å². The Hall–Kier alpha value is -1.43. The summed E-state index contributed by atoms with van der Waals surface area (Å²) < 4.78 is 5.40. The Labute approximate surface area is 138 Å². The van der Waals surface area contributed by atoms with Gasteiger partial charge in [-0.2, -0.15) is 0 Å². The lowest BCUT2D eigenvalue weighted by Gasteiger charge is -2.27. The first kappa shape index (κ1) is 16.4. The molecular weight excluding hydrogens is 290 g/mol. The molecule has 0 unspecified atom stereocenters. The fraction of sp³-hybridized carbons (Fsp3) is 0.611. The van der Waals surface area contributed by atoms with E-state index in [1.165, 1.54) is 11.1 Å². The maximum absolute atomic E-state index is 12.3. The molecule has 1 saturated carbocycles. The molecule has 1 amide bonds. The van der Waals surface area contributed by atoms with Crippen LogP contribution < -0.4 is 11.1 Å². The number of ether oxygens (including phenoxy) is 1. The third-order valence-electron chi connectivity index (χ3n) is 4.91. The molecule has 1 heterocycles. The Morgan fingerprint density at radius 2 is 1.96 bits per heavy atom. The molecule has 1 aliphatic heterocycles. The van der Waals surface area contributed by atoms with Gasteiger partial charge in [0.15, 0.2) is 0 Å². The van der Waals surface area contributed by atoms with Gasteiger partial charge in [-0.3, -0.25) is 9.69 Å². The minimum Gasteiger partial charge on any atom is -0.379 e. The van der Waals surface area contributed by atoms with Gasteiger partial charge in [-0.25, -0.2) is 0 Å². The molecule has 3 N–H and O–H groups in total. The van der Waals surface area contributed by atoms with Crippen LogP contribution in [0.2, 0.25) is 0 Å². The van der Waals surface area contributed by atoms with E-state index in [-0.39, 0.29) is 17.9 Å². The SMILES string of the molecule is N[C@@H]1CC[C@H](C(=O)NCc2ccccc2CN2CCOCC2)C1. The average molecular weight is 317 g/mol. The van der Waals surface area contributed by atoms with E-state index in [2.05, 4.69) is 28.4 Å². The Kier molecular flexibility index (Phi) is 5.65. The fourth-order valence-electron chi connectivity index (χ4n) is 3.47. The van der Waals surface area contributed by atoms with Gasteiger partial charge >= 0.3 is 0 Å². The van der Waals surface area contributed by atoms with Crippen molar-refractivity contribution < 1.29 is 9.53 Å². The number of hydrogen-bond donors (Lipinski definition) is 2. The number of nitrogens with two attached hydrogens (primary N) is 1. The van der Waals surface area contributed by atoms with E-state index in [1.807, 2.05) is 6.07 Å². The molecule has 23 heavy (non-hydrogen) atoms. The number of benzene rings is 1. The molecule has 5 heteroatoms. The van der Waals surface area contributed by atoms with Crippen LogP contribution in [-0.4, -0.2) is 43.2 Å². The standard InChI is InChI=1S/C18H27N3O2/c19-17-6-5-14(11-17)18(22)20-12-15-3-1-2-4-16(15)13-21-7-9-23-10-8-21/h1-4,14,17H,5-13,19H2,(H,20,22)/t14-,17+/m0/s1. The lowest BCUT2D eigenvalue weighted by Crippen LogP contribution is -2.36. The largest absolute Gasteiger partial charge is 0.379 e. The monoisotopic (exact) mass is 317 g/mol. The first-order chi connectivity index (χ1) is 11.2. The molecule has 1 aromatic rings. The van der Waals surface area contributed by atoms with Crippen LogP contribution in [0.3, 0.4) is 0 Å². The van der Waals surface area contributed by atoms with E-state index in [0.717, 1.165) is 52.1 Å². The van der Waals surface area contributed by atoms with E-state index < -0.39 is 0 Å². The highest BCUT2D eigenvalue weighted by Gasteiger charge is 2.27. The van der Waals surface area contributed by atoms with Crippen LogP contribution in [-0.2, 0) is 22.6 Å². The van der Waals surface area contributed by atoms with Gasteiger partial charge in [0.1, 0.15) is 0 Å². The van der Waals surface area contributed by atoms with Gasteiger partial charge in [0.25, 0.3) is 0 Å². The maximum Gasteiger partial charge on any atom is 0.223 e. The van der Waals surface area contributed by atoms with Gasteiger partial charge in [0, 0.05) is 38.1 Å². The van der Waals surface area contributed by atoms with E-state index in [9.17, 15) is 4.79 Å². The predicted molar refractivity (Wildman–Crippen MR) is 89.7 cm³/mol. The summed E-state index contributed by atoms with van der Waals surface area (Å²) in [6.07, 6.45) is 2.70. The van der Waals surface area contributed by atoms with Crippen LogP contribution in [0.25, 0.3) is 0 Å². The molecule has 0 aromatic heterocycles. The fourth-order valence-corrected chi connectivity index (χ4v) is 3.47. The second-order valence-corrected chi connectivity index (χ2v) is 6.65. The van der Waals surface area contributed by atoms with Crippen molar-refractivity contribution >= 4 is 5.91 Å². The van der Waals surface area contributed by atoms with Crippen LogP contribution in [0.5, 0.6) is 0 Å². The molecule has 5 nitrogen and oxygen atoms in total. The second-order valence-electron chi connectivity index (χ2n) is 6.65. The molecule has 2 atom stereocenters. The van der Waals surface area contributed by atoms with Gasteiger partial charge in [0.2, 0.25) is 5.91 Å². The van der Waals surface area contributed by atoms with Crippen molar-refractivity contribution in [3.8, 4) is 0 Å². The summed E-state index contributed by atoms with van der Waals surface area (Å²) in [6, 6.07) is 8.56. The molecule has 1 saturated heterocycles. The molecule has 2 aliphatic rings. The zero-order chi connectivity index (χ0) is 16.1. The summed E-state index contributed by atoms with van der Waals surface area (Å²) in [4.78, 5) is 14.7. The molecule has 0 bridgehead atoms. The van der Waals surface area contributed by atoms with Gasteiger partial charge < -0.3 is 15.8 Å². The molecule has 126 valence electrons. The second kappa shape index (κ2) is 7.90. The number of morpholine rings is 1. The summed E-state index contributed by atoms with van der Waals surface area (Å²) in [7, 11) is 0. The molecule has 0 radical (unpaired) electrons. The zero-order valence-electron chi connectivity index (χ0n) is 13.7. The lowest BCUT2D eigenvalue weighted by atomic mass is 10.0. The van der Waals surface area contributed by atoms with Crippen molar-refractivity contribution in [3.05, 3.63) is 35.4 Å². The van der Waals surface area contributed by atoms with Gasteiger partial charge in [0.05, 0.1) is 13.2 Å². The number of hydrogen-bond acceptors (Lipinski definition) is 4. The zero-order valence-corrected chi connectivity index (χ0v) is 13.7. The number of amides is 1. The quantitative estimate of drug-likeness (QED) is 0.858. The van der Waals surface area contributed by atoms with Crippen molar-refractivity contribution in [2.45, 2.75) is 38.4 Å². The summed E-state index contributed by atoms with van der Waals surface area (Å²) >= 11 is 0. The molecule has 2 fully saturated rings. The smallest absolute Gasteiger partial charge is 0.223 e. The van der Waals surface area contributed by atoms with Crippen molar-refractivity contribution in [1.29, 1.82) is 0 Å². The molecular formula is C18H27N3O2. The number of carbonyl (C=O) groups is 1. The number of rotatable bonds is 5. The topological polar surface area (TPSA) is 67.6 Å². The first-order valence-corrected chi connectivity index (χ1v) is 8.62. The van der Waals surface area contributed by atoms with Crippen molar-refractivity contribution in [2.24, 2.45) is 11.7 Å². The van der Waals surface area contributed by atoms with Crippen molar-refractivity contribution in [1.82, 2.24) is 10.2 Å². The average Bonchev–Trinajstić information content (AvgIpc) is 3.01. The first-order valence-electron chi connectivity index (χ1n) is 8.62. The molecule has 1 aromatic carbocycles. The third-order valence-corrected chi connectivity index (χ3v) is 4.91. The van der Waals surface area contributed by atoms with Crippen LogP contribution in [0.15, 0.2) is 24.3 Å². The number of carbonyl (C=O) groups excluding carboxylic acids is 1. The lowest BCUT2D eigenvalue weighted by molar-refractivity contribution is -0.125. The van der Waals surface area contributed by atoms with Crippen molar-refractivity contribution in [2.75, 3.05) is 26.3 Å².